The zero-order chi connectivity index (χ0) is 22.1. The van der Waals surface area contributed by atoms with Crippen LogP contribution in [-0.4, -0.2) is 47.5 Å². The zero-order valence-corrected chi connectivity index (χ0v) is 18.2. The largest absolute Gasteiger partial charge is 0.493 e. The van der Waals surface area contributed by atoms with Gasteiger partial charge in [-0.05, 0) is 18.6 Å². The van der Waals surface area contributed by atoms with Crippen LogP contribution in [0.15, 0.2) is 48.6 Å². The van der Waals surface area contributed by atoms with E-state index in [0.29, 0.717) is 35.1 Å². The molecule has 1 amide bonds. The maximum atomic E-state index is 11.6. The lowest BCUT2D eigenvalue weighted by Gasteiger charge is -2.33. The van der Waals surface area contributed by atoms with Crippen LogP contribution < -0.4 is 28.6 Å². The molecule has 7 heteroatoms. The summed E-state index contributed by atoms with van der Waals surface area (Å²) in [5.41, 5.74) is 1.31. The third-order valence-electron chi connectivity index (χ3n) is 4.39. The van der Waals surface area contributed by atoms with Crippen molar-refractivity contribution >= 4 is 11.6 Å². The van der Waals surface area contributed by atoms with E-state index in [4.69, 9.17) is 23.7 Å². The first-order valence-corrected chi connectivity index (χ1v) is 9.56. The minimum Gasteiger partial charge on any atom is -0.493 e. The molecule has 3 rings (SSSR count). The average molecular weight is 415 g/mol. The van der Waals surface area contributed by atoms with E-state index >= 15 is 0 Å². The Morgan fingerprint density at radius 3 is 1.90 bits per heavy atom. The smallest absolute Gasteiger partial charge is 0.255 e. The normalized spacial score (nSPS) is 12.4. The number of anilines is 1. The molecule has 0 aliphatic carbocycles. The molecule has 0 N–H and O–H groups in total. The van der Waals surface area contributed by atoms with E-state index in [1.54, 1.807) is 24.1 Å². The summed E-state index contributed by atoms with van der Waals surface area (Å²) in [6, 6.07) is 11.2. The van der Waals surface area contributed by atoms with E-state index in [-0.39, 0.29) is 5.91 Å². The van der Waals surface area contributed by atoms with Gasteiger partial charge in [-0.1, -0.05) is 25.6 Å². The van der Waals surface area contributed by atoms with Crippen molar-refractivity contribution in [3.8, 4) is 28.7 Å². The first-order valence-electron chi connectivity index (χ1n) is 9.56. The van der Waals surface area contributed by atoms with Crippen LogP contribution in [0.2, 0.25) is 0 Å². The molecular weight excluding hydrogens is 386 g/mol. The second kappa shape index (κ2) is 11.0. The zero-order valence-electron chi connectivity index (χ0n) is 18.2. The van der Waals surface area contributed by atoms with Crippen LogP contribution in [0.1, 0.15) is 13.3 Å². The topological polar surface area (TPSA) is 66.5 Å². The molecule has 0 radical (unpaired) electrons. The summed E-state index contributed by atoms with van der Waals surface area (Å²) < 4.78 is 26.3. The van der Waals surface area contributed by atoms with E-state index in [2.05, 4.69) is 13.5 Å². The molecule has 1 aliphatic rings. The molecule has 162 valence electrons. The first-order chi connectivity index (χ1) is 14.5. The number of ether oxygens (including phenoxy) is 5. The van der Waals surface area contributed by atoms with Crippen LogP contribution in [-0.2, 0) is 4.79 Å². The highest BCUT2D eigenvalue weighted by atomic mass is 16.5. The average Bonchev–Trinajstić information content (AvgIpc) is 2.80. The van der Waals surface area contributed by atoms with Gasteiger partial charge in [0.05, 0.1) is 47.3 Å². The highest BCUT2D eigenvalue weighted by molar-refractivity contribution is 6.13. The molecule has 0 spiro atoms. The Balaban J connectivity index is 0.000000232. The van der Waals surface area contributed by atoms with E-state index < -0.39 is 0 Å². The van der Waals surface area contributed by atoms with Gasteiger partial charge in [0.1, 0.15) is 0 Å². The molecule has 2 aromatic rings. The Kier molecular flexibility index (Phi) is 8.41. The molecule has 1 aliphatic heterocycles. The van der Waals surface area contributed by atoms with Crippen LogP contribution in [0, 0.1) is 0 Å². The summed E-state index contributed by atoms with van der Waals surface area (Å²) in [5, 5.41) is 0. The maximum absolute atomic E-state index is 11.6. The van der Waals surface area contributed by atoms with E-state index in [9.17, 15) is 4.79 Å². The Morgan fingerprint density at radius 2 is 1.47 bits per heavy atom. The number of benzene rings is 2. The van der Waals surface area contributed by atoms with Gasteiger partial charge in [-0.15, -0.1) is 0 Å². The number of para-hydroxylation sites is 2. The number of amides is 1. The third-order valence-corrected chi connectivity index (χ3v) is 4.39. The van der Waals surface area contributed by atoms with Gasteiger partial charge in [0, 0.05) is 17.7 Å². The SMILES string of the molecule is C=C1CN(c2cc(OC)c(OC)c(OC)c2)C1=O.CCCOc1ccccc1OC. The monoisotopic (exact) mass is 415 g/mol. The molecule has 1 saturated heterocycles. The maximum Gasteiger partial charge on any atom is 0.255 e. The van der Waals surface area contributed by atoms with Gasteiger partial charge >= 0.3 is 0 Å². The summed E-state index contributed by atoms with van der Waals surface area (Å²) in [4.78, 5) is 13.2. The summed E-state index contributed by atoms with van der Waals surface area (Å²) in [7, 11) is 6.26. The van der Waals surface area contributed by atoms with Crippen molar-refractivity contribution in [2.24, 2.45) is 0 Å². The van der Waals surface area contributed by atoms with Gasteiger partial charge in [-0.3, -0.25) is 4.79 Å². The van der Waals surface area contributed by atoms with Gasteiger partial charge < -0.3 is 28.6 Å². The van der Waals surface area contributed by atoms with Crippen molar-refractivity contribution in [3.05, 3.63) is 48.6 Å². The molecule has 30 heavy (non-hydrogen) atoms. The van der Waals surface area contributed by atoms with Crippen LogP contribution in [0.3, 0.4) is 0 Å². The minimum atomic E-state index is -0.0794. The number of methoxy groups -OCH3 is 4. The number of nitrogens with zero attached hydrogens (tertiary/aromatic N) is 1. The van der Waals surface area contributed by atoms with Crippen LogP contribution in [0.5, 0.6) is 28.7 Å². The molecule has 1 fully saturated rings. The van der Waals surface area contributed by atoms with Gasteiger partial charge in [0.25, 0.3) is 5.91 Å². The Bertz CT molecular complexity index is 855. The minimum absolute atomic E-state index is 0.0794. The molecule has 2 aromatic carbocycles. The second-order valence-corrected chi connectivity index (χ2v) is 6.38. The van der Waals surface area contributed by atoms with E-state index in [1.807, 2.05) is 24.3 Å². The highest BCUT2D eigenvalue weighted by Gasteiger charge is 2.31. The third kappa shape index (κ3) is 5.17. The number of carbonyl (C=O) groups excluding carboxylic acids is 1. The lowest BCUT2D eigenvalue weighted by molar-refractivity contribution is -0.117. The fourth-order valence-electron chi connectivity index (χ4n) is 2.81. The quantitative estimate of drug-likeness (QED) is 0.478. The standard InChI is InChI=1S/C13H15NO4.C10H14O2/c1-8-7-14(13(8)15)9-5-10(16-2)12(18-4)11(6-9)17-3;1-3-8-12-10-7-5-4-6-9(10)11-2/h5-6H,1,7H2,2-4H3;4-7H,3,8H2,1-2H3. The second-order valence-electron chi connectivity index (χ2n) is 6.38. The van der Waals surface area contributed by atoms with Crippen molar-refractivity contribution in [2.75, 3.05) is 46.5 Å². The molecule has 7 nitrogen and oxygen atoms in total. The van der Waals surface area contributed by atoms with E-state index in [0.717, 1.165) is 24.5 Å². The molecule has 0 aromatic heterocycles. The molecule has 0 saturated carbocycles. The van der Waals surface area contributed by atoms with Gasteiger partial charge in [-0.25, -0.2) is 0 Å². The Morgan fingerprint density at radius 1 is 0.900 bits per heavy atom. The number of hydrogen-bond donors (Lipinski definition) is 0. The Labute approximate surface area is 177 Å². The number of β-lactam (4-membered cyclic amide) rings is 1. The molecule has 0 atom stereocenters. The van der Waals surface area contributed by atoms with Crippen LogP contribution in [0.25, 0.3) is 0 Å². The highest BCUT2D eigenvalue weighted by Crippen LogP contribution is 2.42. The lowest BCUT2D eigenvalue weighted by atomic mass is 10.1. The fraction of sp³-hybridized carbons (Fsp3) is 0.348. The van der Waals surface area contributed by atoms with Gasteiger partial charge in [-0.2, -0.15) is 0 Å². The van der Waals surface area contributed by atoms with Gasteiger partial charge in [0.2, 0.25) is 5.75 Å². The molecule has 0 bridgehead atoms. The molecule has 0 unspecified atom stereocenters. The summed E-state index contributed by atoms with van der Waals surface area (Å²) in [6.45, 7) is 7.00. The van der Waals surface area contributed by atoms with Crippen molar-refractivity contribution in [2.45, 2.75) is 13.3 Å². The van der Waals surface area contributed by atoms with Crippen LogP contribution >= 0.6 is 0 Å². The number of hydrogen-bond acceptors (Lipinski definition) is 6. The Hall–Kier alpha value is -3.35. The summed E-state index contributed by atoms with van der Waals surface area (Å²) in [6.07, 6.45) is 1.01. The van der Waals surface area contributed by atoms with Crippen molar-refractivity contribution < 1.29 is 28.5 Å². The van der Waals surface area contributed by atoms with E-state index in [1.165, 1.54) is 21.3 Å². The predicted octanol–water partition coefficient (Wildman–Crippen LogP) is 4.10. The fourth-order valence-corrected chi connectivity index (χ4v) is 2.81. The summed E-state index contributed by atoms with van der Waals surface area (Å²) >= 11 is 0. The van der Waals surface area contributed by atoms with Gasteiger partial charge in [0.15, 0.2) is 23.0 Å². The molecule has 1 heterocycles. The molecular formula is C23H29NO6. The van der Waals surface area contributed by atoms with Crippen LogP contribution in [0.4, 0.5) is 5.69 Å². The number of rotatable bonds is 8. The summed E-state index contributed by atoms with van der Waals surface area (Å²) in [5.74, 6) is 3.10. The lowest BCUT2D eigenvalue weighted by Crippen LogP contribution is -2.45. The van der Waals surface area contributed by atoms with Crippen molar-refractivity contribution in [1.29, 1.82) is 0 Å². The van der Waals surface area contributed by atoms with Crippen molar-refractivity contribution in [3.63, 3.8) is 0 Å². The predicted molar refractivity (Wildman–Crippen MR) is 116 cm³/mol. The van der Waals surface area contributed by atoms with Crippen molar-refractivity contribution in [1.82, 2.24) is 0 Å². The number of carbonyl (C=O) groups is 1. The first kappa shape index (κ1) is 22.9.